The minimum Gasteiger partial charge on any atom is -0.506 e. The molecule has 0 unspecified atom stereocenters. The topological polar surface area (TPSA) is 80.9 Å². The lowest BCUT2D eigenvalue weighted by atomic mass is 9.66. The normalized spacial score (nSPS) is 12.1. The number of rotatable bonds is 7. The summed E-state index contributed by atoms with van der Waals surface area (Å²) in [5.41, 5.74) is 1.36. The lowest BCUT2D eigenvalue weighted by Gasteiger charge is -2.38. The Labute approximate surface area is 262 Å². The molecule has 0 aromatic heterocycles. The fourth-order valence-electron chi connectivity index (χ4n) is 4.88. The molecule has 10 heteroatoms. The van der Waals surface area contributed by atoms with Gasteiger partial charge in [0.05, 0.1) is 30.1 Å². The maximum Gasteiger partial charge on any atom is 0.152 e. The van der Waals surface area contributed by atoms with Crippen molar-refractivity contribution < 1.29 is 20.4 Å². The van der Waals surface area contributed by atoms with Crippen molar-refractivity contribution in [3.05, 3.63) is 113 Å². The molecule has 4 rings (SSSR count). The van der Waals surface area contributed by atoms with E-state index in [2.05, 4.69) is 0 Å². The number of phenolic OH excluding ortho intramolecular Hbond substituents is 4. The first kappa shape index (κ1) is 30.8. The van der Waals surface area contributed by atoms with Crippen molar-refractivity contribution in [2.24, 2.45) is 0 Å². The second-order valence-electron chi connectivity index (χ2n) is 10.1. The number of aromatic hydroxyl groups is 4. The van der Waals surface area contributed by atoms with Gasteiger partial charge in [-0.1, -0.05) is 95.6 Å². The zero-order chi connectivity index (χ0) is 29.6. The van der Waals surface area contributed by atoms with Crippen LogP contribution in [0.1, 0.15) is 48.9 Å². The van der Waals surface area contributed by atoms with E-state index in [9.17, 15) is 20.4 Å². The quantitative estimate of drug-likeness (QED) is 0.159. The molecule has 0 amide bonds. The molecule has 40 heavy (non-hydrogen) atoms. The number of halogens is 6. The summed E-state index contributed by atoms with van der Waals surface area (Å²) in [6.07, 6.45) is 0.910. The fourth-order valence-corrected chi connectivity index (χ4v) is 6.21. The van der Waals surface area contributed by atoms with E-state index in [0.29, 0.717) is 24.0 Å². The van der Waals surface area contributed by atoms with Crippen molar-refractivity contribution in [1.29, 1.82) is 0 Å². The number of benzene rings is 4. The van der Waals surface area contributed by atoms with Crippen molar-refractivity contribution >= 4 is 69.6 Å². The van der Waals surface area contributed by atoms with Gasteiger partial charge in [0.15, 0.2) is 11.5 Å². The second-order valence-corrected chi connectivity index (χ2v) is 12.5. The lowest BCUT2D eigenvalue weighted by molar-refractivity contribution is 0.410. The standard InChI is InChI=1S/C30H24Cl6O4/c1-29(15-3-5-25(37)19(31)9-15,16-4-6-26(38)20(32)10-16)7-8-30(2,17-11-21(33)27(39)22(34)12-17)18-13-23(35)28(40)24(36)14-18/h3-6,9-14,37-40H,7-8H2,1-2H3. The Kier molecular flexibility index (Phi) is 8.92. The van der Waals surface area contributed by atoms with E-state index in [1.54, 1.807) is 48.5 Å². The van der Waals surface area contributed by atoms with E-state index in [1.165, 1.54) is 12.1 Å². The van der Waals surface area contributed by atoms with Crippen LogP contribution in [-0.2, 0) is 10.8 Å². The van der Waals surface area contributed by atoms with Gasteiger partial charge in [0.2, 0.25) is 0 Å². The summed E-state index contributed by atoms with van der Waals surface area (Å²) in [5.74, 6) is -0.580. The molecular formula is C30H24Cl6O4. The van der Waals surface area contributed by atoms with Gasteiger partial charge in [-0.2, -0.15) is 0 Å². The Morgan fingerprint density at radius 2 is 0.725 bits per heavy atom. The zero-order valence-corrected chi connectivity index (χ0v) is 25.8. The zero-order valence-electron chi connectivity index (χ0n) is 21.2. The van der Waals surface area contributed by atoms with Gasteiger partial charge in [-0.3, -0.25) is 0 Å². The smallest absolute Gasteiger partial charge is 0.152 e. The van der Waals surface area contributed by atoms with Crippen LogP contribution in [0, 0.1) is 0 Å². The maximum absolute atomic E-state index is 10.2. The predicted molar refractivity (Wildman–Crippen MR) is 165 cm³/mol. The van der Waals surface area contributed by atoms with Crippen LogP contribution in [-0.4, -0.2) is 20.4 Å². The summed E-state index contributed by atoms with van der Waals surface area (Å²) in [4.78, 5) is 0. The van der Waals surface area contributed by atoms with Crippen LogP contribution in [0.3, 0.4) is 0 Å². The van der Waals surface area contributed by atoms with Crippen LogP contribution in [0.4, 0.5) is 0 Å². The molecule has 210 valence electrons. The molecule has 0 aliphatic rings. The number of phenols is 4. The highest BCUT2D eigenvalue weighted by atomic mass is 35.5. The third-order valence-corrected chi connectivity index (χ3v) is 9.36. The summed E-state index contributed by atoms with van der Waals surface area (Å²) in [7, 11) is 0. The Hall–Kier alpha value is -2.18. The minimum atomic E-state index is -0.843. The molecule has 0 heterocycles. The van der Waals surface area contributed by atoms with Crippen LogP contribution in [0.25, 0.3) is 0 Å². The summed E-state index contributed by atoms with van der Waals surface area (Å²) in [5, 5.41) is 41.3. The van der Waals surface area contributed by atoms with Gasteiger partial charge >= 0.3 is 0 Å². The van der Waals surface area contributed by atoms with E-state index >= 15 is 0 Å². The predicted octanol–water partition coefficient (Wildman–Crippen LogP) is 10.5. The monoisotopic (exact) mass is 658 g/mol. The molecule has 0 atom stereocenters. The molecule has 4 nitrogen and oxygen atoms in total. The van der Waals surface area contributed by atoms with Gasteiger partial charge in [0.1, 0.15) is 11.5 Å². The van der Waals surface area contributed by atoms with E-state index in [1.807, 2.05) is 13.8 Å². The van der Waals surface area contributed by atoms with Crippen LogP contribution in [0.15, 0.2) is 60.7 Å². The molecule has 4 aromatic rings. The highest BCUT2D eigenvalue weighted by molar-refractivity contribution is 6.38. The van der Waals surface area contributed by atoms with Crippen molar-refractivity contribution in [3.63, 3.8) is 0 Å². The summed E-state index contributed by atoms with van der Waals surface area (Å²) >= 11 is 38.0. The Morgan fingerprint density at radius 3 is 1.02 bits per heavy atom. The average molecular weight is 661 g/mol. The Bertz CT molecular complexity index is 1450. The highest BCUT2D eigenvalue weighted by Crippen LogP contribution is 2.49. The summed E-state index contributed by atoms with van der Waals surface area (Å²) in [6, 6.07) is 16.5. The third-order valence-electron chi connectivity index (χ3n) is 7.60. The number of hydrogen-bond acceptors (Lipinski definition) is 4. The van der Waals surface area contributed by atoms with Gasteiger partial charge in [-0.15, -0.1) is 0 Å². The Balaban J connectivity index is 1.92. The molecule has 0 bridgehead atoms. The molecule has 0 aliphatic carbocycles. The van der Waals surface area contributed by atoms with E-state index < -0.39 is 10.8 Å². The van der Waals surface area contributed by atoms with Crippen LogP contribution < -0.4 is 0 Å². The molecule has 0 spiro atoms. The van der Waals surface area contributed by atoms with E-state index in [-0.39, 0.29) is 53.1 Å². The van der Waals surface area contributed by atoms with Gasteiger partial charge < -0.3 is 20.4 Å². The van der Waals surface area contributed by atoms with Crippen molar-refractivity contribution in [3.8, 4) is 23.0 Å². The van der Waals surface area contributed by atoms with Crippen LogP contribution in [0.2, 0.25) is 30.1 Å². The SMILES string of the molecule is CC(CCC(C)(c1cc(Cl)c(O)c(Cl)c1)c1cc(Cl)c(O)c(Cl)c1)(c1ccc(O)c(Cl)c1)c1ccc(O)c(Cl)c1. The van der Waals surface area contributed by atoms with Gasteiger partial charge in [-0.25, -0.2) is 0 Å². The largest absolute Gasteiger partial charge is 0.506 e. The van der Waals surface area contributed by atoms with Crippen LogP contribution in [0.5, 0.6) is 23.0 Å². The van der Waals surface area contributed by atoms with E-state index in [0.717, 1.165) is 11.1 Å². The first-order valence-corrected chi connectivity index (χ1v) is 14.3. The summed E-state index contributed by atoms with van der Waals surface area (Å²) < 4.78 is 0. The van der Waals surface area contributed by atoms with Crippen molar-refractivity contribution in [1.82, 2.24) is 0 Å². The van der Waals surface area contributed by atoms with Gasteiger partial charge in [-0.05, 0) is 83.6 Å². The lowest BCUT2D eigenvalue weighted by Crippen LogP contribution is -2.30. The average Bonchev–Trinajstić information content (AvgIpc) is 2.91. The van der Waals surface area contributed by atoms with Crippen molar-refractivity contribution in [2.45, 2.75) is 37.5 Å². The molecule has 0 aliphatic heterocycles. The molecule has 4 aromatic carbocycles. The minimum absolute atomic E-state index is 0.0527. The molecular weight excluding hydrogens is 637 g/mol. The number of hydrogen-bond donors (Lipinski definition) is 4. The molecule has 0 saturated carbocycles. The third kappa shape index (κ3) is 5.76. The Morgan fingerprint density at radius 1 is 0.450 bits per heavy atom. The first-order chi connectivity index (χ1) is 18.7. The first-order valence-electron chi connectivity index (χ1n) is 12.0. The van der Waals surface area contributed by atoms with Crippen molar-refractivity contribution in [2.75, 3.05) is 0 Å². The highest BCUT2D eigenvalue weighted by Gasteiger charge is 2.37. The molecule has 4 N–H and O–H groups in total. The van der Waals surface area contributed by atoms with Crippen LogP contribution >= 0.6 is 69.6 Å². The second kappa shape index (κ2) is 11.6. The maximum atomic E-state index is 10.2. The molecule has 0 saturated heterocycles. The van der Waals surface area contributed by atoms with Gasteiger partial charge in [0, 0.05) is 10.8 Å². The molecule has 0 fully saturated rings. The van der Waals surface area contributed by atoms with Gasteiger partial charge in [0.25, 0.3) is 0 Å². The molecule has 0 radical (unpaired) electrons. The van der Waals surface area contributed by atoms with E-state index in [4.69, 9.17) is 69.6 Å². The fraction of sp³-hybridized carbons (Fsp3) is 0.200. The summed E-state index contributed by atoms with van der Waals surface area (Å²) in [6.45, 7) is 3.96.